The van der Waals surface area contributed by atoms with Crippen molar-refractivity contribution in [3.63, 3.8) is 0 Å². The van der Waals surface area contributed by atoms with Crippen molar-refractivity contribution in [1.29, 1.82) is 0 Å². The van der Waals surface area contributed by atoms with E-state index in [4.69, 9.17) is 32.7 Å². The number of benzene rings is 2. The second kappa shape index (κ2) is 9.55. The molecule has 0 unspecified atom stereocenters. The quantitative estimate of drug-likeness (QED) is 0.329. The van der Waals surface area contributed by atoms with Gasteiger partial charge >= 0.3 is 6.09 Å². The second-order valence-electron chi connectivity index (χ2n) is 7.28. The molecule has 164 valence electrons. The number of hydrogen-bond donors (Lipinski definition) is 1. The molecule has 0 fully saturated rings. The van der Waals surface area contributed by atoms with Crippen molar-refractivity contribution in [2.24, 2.45) is 0 Å². The Bertz CT molecular complexity index is 1210. The third kappa shape index (κ3) is 4.54. The van der Waals surface area contributed by atoms with Crippen molar-refractivity contribution in [3.8, 4) is 5.75 Å². The van der Waals surface area contributed by atoms with Gasteiger partial charge in [-0.05, 0) is 66.6 Å². The molecule has 1 aliphatic rings. The Morgan fingerprint density at radius 3 is 2.66 bits per heavy atom. The Kier molecular flexibility index (Phi) is 6.58. The molecule has 1 atom stereocenters. The molecule has 0 saturated heterocycles. The average molecular weight is 469 g/mol. The van der Waals surface area contributed by atoms with E-state index in [1.165, 1.54) is 0 Å². The predicted octanol–water partition coefficient (Wildman–Crippen LogP) is 6.85. The summed E-state index contributed by atoms with van der Waals surface area (Å²) in [5.41, 5.74) is 3.06. The van der Waals surface area contributed by atoms with Crippen molar-refractivity contribution in [3.05, 3.63) is 100 Å². The summed E-state index contributed by atoms with van der Waals surface area (Å²) in [6, 6.07) is 12.1. The van der Waals surface area contributed by atoms with Gasteiger partial charge in [0.05, 0.1) is 13.2 Å². The number of hydrogen-bond acceptors (Lipinski definition) is 3. The highest BCUT2D eigenvalue weighted by Gasteiger charge is 2.33. The summed E-state index contributed by atoms with van der Waals surface area (Å²) >= 11 is 12.2. The number of amides is 1. The third-order valence-corrected chi connectivity index (χ3v) is 5.87. The lowest BCUT2D eigenvalue weighted by Gasteiger charge is -2.33. The van der Waals surface area contributed by atoms with Gasteiger partial charge in [0.25, 0.3) is 0 Å². The fourth-order valence-corrected chi connectivity index (χ4v) is 4.13. The zero-order chi connectivity index (χ0) is 22.7. The largest absolute Gasteiger partial charge is 0.497 e. The minimum Gasteiger partial charge on any atom is -0.497 e. The van der Waals surface area contributed by atoms with Crippen molar-refractivity contribution in [2.75, 3.05) is 13.7 Å². The van der Waals surface area contributed by atoms with Crippen LogP contribution >= 0.6 is 23.2 Å². The Morgan fingerprint density at radius 2 is 1.94 bits per heavy atom. The molecule has 32 heavy (non-hydrogen) atoms. The van der Waals surface area contributed by atoms with Crippen LogP contribution in [0.3, 0.4) is 0 Å². The molecule has 3 aromatic rings. The van der Waals surface area contributed by atoms with Gasteiger partial charge in [-0.1, -0.05) is 41.9 Å². The van der Waals surface area contributed by atoms with Crippen molar-refractivity contribution in [1.82, 2.24) is 9.88 Å². The molecule has 1 aromatic heterocycles. The van der Waals surface area contributed by atoms with Crippen LogP contribution in [-0.2, 0) is 11.2 Å². The van der Waals surface area contributed by atoms with Gasteiger partial charge in [-0.2, -0.15) is 0 Å². The van der Waals surface area contributed by atoms with E-state index in [-0.39, 0.29) is 6.04 Å². The molecular formula is C25H22Cl2N2O3. The highest BCUT2D eigenvalue weighted by atomic mass is 35.5. The van der Waals surface area contributed by atoms with Crippen molar-refractivity contribution >= 4 is 40.2 Å². The summed E-state index contributed by atoms with van der Waals surface area (Å²) in [4.78, 5) is 18.3. The normalized spacial score (nSPS) is 16.3. The number of H-pyrrole nitrogens is 1. The molecule has 1 N–H and O–H groups in total. The molecule has 0 saturated carbocycles. The van der Waals surface area contributed by atoms with E-state index in [1.54, 1.807) is 48.4 Å². The number of aromatic nitrogens is 1. The number of nitrogens with zero attached hydrogens (tertiary/aromatic N) is 1. The summed E-state index contributed by atoms with van der Waals surface area (Å²) in [5, 5.41) is 2.32. The Labute approximate surface area is 196 Å². The molecule has 0 radical (unpaired) electrons. The van der Waals surface area contributed by atoms with Crippen LogP contribution < -0.4 is 4.74 Å². The number of carbonyl (C=O) groups excluding carboxylic acids is 1. The summed E-state index contributed by atoms with van der Waals surface area (Å²) in [7, 11) is 1.58. The van der Waals surface area contributed by atoms with Crippen molar-refractivity contribution < 1.29 is 14.3 Å². The van der Waals surface area contributed by atoms with E-state index >= 15 is 0 Å². The Morgan fingerprint density at radius 1 is 1.19 bits per heavy atom. The topological polar surface area (TPSA) is 54.6 Å². The van der Waals surface area contributed by atoms with Crippen molar-refractivity contribution in [2.45, 2.75) is 12.5 Å². The Balaban J connectivity index is 1.70. The molecule has 1 aliphatic heterocycles. The minimum atomic E-state index is -0.441. The fourth-order valence-electron chi connectivity index (χ4n) is 3.83. The molecule has 5 nitrogen and oxygen atoms in total. The van der Waals surface area contributed by atoms with Crippen LogP contribution in [0.1, 0.15) is 17.3 Å². The average Bonchev–Trinajstić information content (AvgIpc) is 3.16. The summed E-state index contributed by atoms with van der Waals surface area (Å²) in [6.07, 6.45) is 7.44. The predicted molar refractivity (Wildman–Crippen MR) is 128 cm³/mol. The summed E-state index contributed by atoms with van der Waals surface area (Å²) in [5.74, 6) is 1.06. The Hall–Kier alpha value is -3.15. The lowest BCUT2D eigenvalue weighted by Crippen LogP contribution is -2.41. The fraction of sp³-hybridized carbons (Fsp3) is 0.160. The first-order chi connectivity index (χ1) is 15.5. The molecule has 0 aliphatic carbocycles. The molecule has 1 amide bonds. The van der Waals surface area contributed by atoms with Gasteiger partial charge in [-0.3, -0.25) is 4.90 Å². The number of halogens is 2. The van der Waals surface area contributed by atoms with Crippen LogP contribution in [0.25, 0.3) is 10.9 Å². The summed E-state index contributed by atoms with van der Waals surface area (Å²) < 4.78 is 10.9. The first-order valence-electron chi connectivity index (χ1n) is 10.1. The van der Waals surface area contributed by atoms with E-state index in [2.05, 4.69) is 11.6 Å². The van der Waals surface area contributed by atoms with Gasteiger partial charge in [-0.25, -0.2) is 4.79 Å². The van der Waals surface area contributed by atoms with Gasteiger partial charge in [-0.15, -0.1) is 0 Å². The highest BCUT2D eigenvalue weighted by Crippen LogP contribution is 2.37. The number of carbonyl (C=O) groups is 1. The number of nitrogens with one attached hydrogen (secondary N) is 1. The summed E-state index contributed by atoms with van der Waals surface area (Å²) in [6.45, 7) is 4.22. The first kappa shape index (κ1) is 22.1. The SMILES string of the molecule is C=C/C(=C\C=C\[C@H]1c2[nH]c3ccc(Cl)cc3c2CCN1C(=O)Oc1ccc(Cl)cc1)OC. The maximum Gasteiger partial charge on any atom is 0.416 e. The maximum atomic E-state index is 13.1. The monoisotopic (exact) mass is 468 g/mol. The van der Waals surface area contributed by atoms with E-state index in [0.29, 0.717) is 34.5 Å². The van der Waals surface area contributed by atoms with Crippen LogP contribution in [0.4, 0.5) is 4.79 Å². The number of allylic oxidation sites excluding steroid dienone is 3. The number of aromatic amines is 1. The molecule has 2 heterocycles. The number of rotatable bonds is 5. The number of fused-ring (bicyclic) bond motifs is 3. The first-order valence-corrected chi connectivity index (χ1v) is 10.8. The lowest BCUT2D eigenvalue weighted by atomic mass is 9.97. The van der Waals surface area contributed by atoms with Gasteiger partial charge in [0.15, 0.2) is 0 Å². The molecule has 0 spiro atoms. The molecule has 7 heteroatoms. The number of methoxy groups -OCH3 is 1. The third-order valence-electron chi connectivity index (χ3n) is 5.38. The van der Waals surface area contributed by atoms with E-state index < -0.39 is 6.09 Å². The molecule has 4 rings (SSSR count). The van der Waals surface area contributed by atoms with Gasteiger partial charge < -0.3 is 14.5 Å². The molecule has 0 bridgehead atoms. The maximum absolute atomic E-state index is 13.1. The van der Waals surface area contributed by atoms with Gasteiger partial charge in [0.1, 0.15) is 11.5 Å². The van der Waals surface area contributed by atoms with E-state index in [9.17, 15) is 4.79 Å². The standard InChI is InChI=1S/C25H22Cl2N2O3/c1-3-18(31-2)5-4-6-23-24-20(21-15-17(27)9-12-22(21)28-24)13-14-29(23)25(30)32-19-10-7-16(26)8-11-19/h3-12,15,23,28H,1,13-14H2,2H3/b6-4+,18-5+/t23-/m0/s1. The van der Waals surface area contributed by atoms with Gasteiger partial charge in [0.2, 0.25) is 0 Å². The smallest absolute Gasteiger partial charge is 0.416 e. The van der Waals surface area contributed by atoms with Gasteiger partial charge in [0, 0.05) is 33.2 Å². The highest BCUT2D eigenvalue weighted by molar-refractivity contribution is 6.31. The van der Waals surface area contributed by atoms with Crippen LogP contribution in [0.2, 0.25) is 10.0 Å². The zero-order valence-corrected chi connectivity index (χ0v) is 19.0. The second-order valence-corrected chi connectivity index (χ2v) is 8.15. The zero-order valence-electron chi connectivity index (χ0n) is 17.5. The van der Waals surface area contributed by atoms with Crippen LogP contribution in [0.15, 0.2) is 79.1 Å². The minimum absolute atomic E-state index is 0.358. The lowest BCUT2D eigenvalue weighted by molar-refractivity contribution is 0.137. The van der Waals surface area contributed by atoms with Crippen LogP contribution in [-0.4, -0.2) is 29.6 Å². The van der Waals surface area contributed by atoms with E-state index in [0.717, 1.165) is 22.2 Å². The van der Waals surface area contributed by atoms with Crippen LogP contribution in [0, 0.1) is 0 Å². The molecular weight excluding hydrogens is 447 g/mol. The molecule has 2 aromatic carbocycles. The number of ether oxygens (including phenoxy) is 2. The van der Waals surface area contributed by atoms with E-state index in [1.807, 2.05) is 30.4 Å². The van der Waals surface area contributed by atoms with Crippen LogP contribution in [0.5, 0.6) is 5.75 Å².